The fraction of sp³-hybridized carbons (Fsp3) is 0.250. The van der Waals surface area contributed by atoms with Crippen molar-refractivity contribution in [1.82, 2.24) is 5.16 Å². The lowest BCUT2D eigenvalue weighted by Crippen LogP contribution is -2.02. The minimum Gasteiger partial charge on any atom is -0.376 e. The minimum atomic E-state index is -0.470. The average Bonchev–Trinajstić information content (AvgIpc) is 2.73. The number of benzene rings is 1. The van der Waals surface area contributed by atoms with Gasteiger partial charge in [-0.2, -0.15) is 0 Å². The molecular weight excluding hydrogens is 270 g/mol. The predicted octanol–water partition coefficient (Wildman–Crippen LogP) is 3.47. The van der Waals surface area contributed by atoms with Crippen LogP contribution in [-0.2, 0) is 6.54 Å². The molecule has 0 bridgehead atoms. The summed E-state index contributed by atoms with van der Waals surface area (Å²) in [6.07, 6.45) is 0. The molecule has 0 unspecified atom stereocenters. The summed E-state index contributed by atoms with van der Waals surface area (Å²) < 4.78 is 5.06. The first-order valence-electron chi connectivity index (χ1n) is 5.58. The highest BCUT2D eigenvalue weighted by atomic mass is 35.5. The van der Waals surface area contributed by atoms with E-state index < -0.39 is 4.92 Å². The van der Waals surface area contributed by atoms with Crippen LogP contribution in [0.3, 0.4) is 0 Å². The van der Waals surface area contributed by atoms with Gasteiger partial charge in [0.05, 0.1) is 27.9 Å². The maximum absolute atomic E-state index is 10.7. The molecule has 1 heterocycles. The van der Waals surface area contributed by atoms with Crippen molar-refractivity contribution in [3.05, 3.63) is 50.4 Å². The van der Waals surface area contributed by atoms with Crippen LogP contribution < -0.4 is 5.32 Å². The van der Waals surface area contributed by atoms with Gasteiger partial charge in [-0.15, -0.1) is 0 Å². The Morgan fingerprint density at radius 1 is 1.42 bits per heavy atom. The molecule has 0 atom stereocenters. The van der Waals surface area contributed by atoms with Gasteiger partial charge in [-0.05, 0) is 19.4 Å². The van der Waals surface area contributed by atoms with Crippen molar-refractivity contribution >= 4 is 23.0 Å². The largest absolute Gasteiger partial charge is 0.376 e. The zero-order valence-electron chi connectivity index (χ0n) is 10.4. The van der Waals surface area contributed by atoms with Gasteiger partial charge in [0.15, 0.2) is 5.76 Å². The molecule has 0 spiro atoms. The van der Waals surface area contributed by atoms with E-state index in [2.05, 4.69) is 10.5 Å². The normalized spacial score (nSPS) is 10.5. The molecule has 2 rings (SSSR count). The zero-order chi connectivity index (χ0) is 14.0. The first-order chi connectivity index (χ1) is 8.97. The molecule has 6 nitrogen and oxygen atoms in total. The Bertz CT molecular complexity index is 601. The van der Waals surface area contributed by atoms with E-state index in [-0.39, 0.29) is 5.69 Å². The van der Waals surface area contributed by atoms with E-state index in [1.54, 1.807) is 6.92 Å². The third kappa shape index (κ3) is 3.03. The SMILES string of the molecule is Cc1cc(CNc2c(C)cc([N+](=O)[O-])cc2Cl)on1. The topological polar surface area (TPSA) is 81.2 Å². The van der Waals surface area contributed by atoms with Crippen molar-refractivity contribution in [3.63, 3.8) is 0 Å². The molecule has 1 aromatic carbocycles. The quantitative estimate of drug-likeness (QED) is 0.685. The lowest BCUT2D eigenvalue weighted by atomic mass is 10.1. The smallest absolute Gasteiger partial charge is 0.271 e. The number of aromatic nitrogens is 1. The van der Waals surface area contributed by atoms with Gasteiger partial charge in [0.2, 0.25) is 0 Å². The highest BCUT2D eigenvalue weighted by Crippen LogP contribution is 2.31. The number of nitrogens with one attached hydrogen (secondary N) is 1. The van der Waals surface area contributed by atoms with Crippen LogP contribution in [0.15, 0.2) is 22.7 Å². The lowest BCUT2D eigenvalue weighted by molar-refractivity contribution is -0.384. The van der Waals surface area contributed by atoms with E-state index in [1.807, 2.05) is 13.0 Å². The second-order valence-electron chi connectivity index (χ2n) is 4.16. The van der Waals surface area contributed by atoms with Gasteiger partial charge in [-0.3, -0.25) is 10.1 Å². The fourth-order valence-corrected chi connectivity index (χ4v) is 2.06. The average molecular weight is 282 g/mol. The number of hydrogen-bond donors (Lipinski definition) is 1. The molecule has 1 N–H and O–H groups in total. The highest BCUT2D eigenvalue weighted by molar-refractivity contribution is 6.33. The molecule has 0 saturated heterocycles. The Morgan fingerprint density at radius 2 is 2.16 bits per heavy atom. The molecule has 0 fully saturated rings. The summed E-state index contributed by atoms with van der Waals surface area (Å²) in [6.45, 7) is 4.00. The summed E-state index contributed by atoms with van der Waals surface area (Å²) in [7, 11) is 0. The van der Waals surface area contributed by atoms with Gasteiger partial charge in [0.1, 0.15) is 0 Å². The zero-order valence-corrected chi connectivity index (χ0v) is 11.2. The molecule has 7 heteroatoms. The Labute approximate surface area is 114 Å². The summed E-state index contributed by atoms with van der Waals surface area (Å²) >= 11 is 6.04. The number of nitrogens with zero attached hydrogens (tertiary/aromatic N) is 2. The van der Waals surface area contributed by atoms with Gasteiger partial charge < -0.3 is 9.84 Å². The van der Waals surface area contributed by atoms with Crippen LogP contribution in [0.25, 0.3) is 0 Å². The first-order valence-corrected chi connectivity index (χ1v) is 5.96. The lowest BCUT2D eigenvalue weighted by Gasteiger charge is -2.09. The van der Waals surface area contributed by atoms with Gasteiger partial charge in [-0.1, -0.05) is 16.8 Å². The van der Waals surface area contributed by atoms with Crippen LogP contribution >= 0.6 is 11.6 Å². The minimum absolute atomic E-state index is 0.0245. The van der Waals surface area contributed by atoms with Crippen LogP contribution in [0, 0.1) is 24.0 Å². The highest BCUT2D eigenvalue weighted by Gasteiger charge is 2.13. The summed E-state index contributed by atoms with van der Waals surface area (Å²) in [5, 5.41) is 17.9. The first kappa shape index (κ1) is 13.4. The monoisotopic (exact) mass is 281 g/mol. The summed E-state index contributed by atoms with van der Waals surface area (Å²) in [4.78, 5) is 10.2. The Kier molecular flexibility index (Phi) is 3.71. The summed E-state index contributed by atoms with van der Waals surface area (Å²) in [6, 6.07) is 4.60. The molecular formula is C12H12ClN3O3. The van der Waals surface area contributed by atoms with Crippen molar-refractivity contribution in [2.24, 2.45) is 0 Å². The number of nitro benzene ring substituents is 1. The molecule has 2 aromatic rings. The predicted molar refractivity (Wildman–Crippen MR) is 71.4 cm³/mol. The number of rotatable bonds is 4. The number of non-ortho nitro benzene ring substituents is 1. The number of nitro groups is 1. The van der Waals surface area contributed by atoms with Gasteiger partial charge in [0, 0.05) is 18.2 Å². The summed E-state index contributed by atoms with van der Waals surface area (Å²) in [5.74, 6) is 0.673. The standard InChI is InChI=1S/C12H12ClN3O3/c1-7-3-9(16(17)18)5-11(13)12(7)14-6-10-4-8(2)15-19-10/h3-5,14H,6H2,1-2H3. The van der Waals surface area contributed by atoms with Gasteiger partial charge in [-0.25, -0.2) is 0 Å². The Hall–Kier alpha value is -2.08. The van der Waals surface area contributed by atoms with Crippen molar-refractivity contribution in [3.8, 4) is 0 Å². The molecule has 0 saturated carbocycles. The Balaban J connectivity index is 2.18. The van der Waals surface area contributed by atoms with Crippen molar-refractivity contribution in [2.75, 3.05) is 5.32 Å². The number of halogens is 1. The van der Waals surface area contributed by atoms with Crippen LogP contribution in [0.5, 0.6) is 0 Å². The molecule has 0 radical (unpaired) electrons. The van der Waals surface area contributed by atoms with Crippen LogP contribution in [-0.4, -0.2) is 10.1 Å². The Morgan fingerprint density at radius 3 is 2.68 bits per heavy atom. The van der Waals surface area contributed by atoms with Gasteiger partial charge >= 0.3 is 0 Å². The molecule has 0 aliphatic carbocycles. The molecule has 0 aliphatic rings. The van der Waals surface area contributed by atoms with Crippen molar-refractivity contribution < 1.29 is 9.45 Å². The molecule has 0 aliphatic heterocycles. The third-order valence-corrected chi connectivity index (χ3v) is 2.90. The van der Waals surface area contributed by atoms with E-state index in [9.17, 15) is 10.1 Å². The number of hydrogen-bond acceptors (Lipinski definition) is 5. The van der Waals surface area contributed by atoms with E-state index in [4.69, 9.17) is 16.1 Å². The van der Waals surface area contributed by atoms with E-state index in [0.717, 1.165) is 5.69 Å². The summed E-state index contributed by atoms with van der Waals surface area (Å²) in [5.41, 5.74) is 2.13. The van der Waals surface area contributed by atoms with Crippen molar-refractivity contribution in [2.45, 2.75) is 20.4 Å². The van der Waals surface area contributed by atoms with E-state index in [0.29, 0.717) is 28.6 Å². The van der Waals surface area contributed by atoms with Crippen LogP contribution in [0.1, 0.15) is 17.0 Å². The second-order valence-corrected chi connectivity index (χ2v) is 4.57. The fourth-order valence-electron chi connectivity index (χ4n) is 1.73. The third-order valence-electron chi connectivity index (χ3n) is 2.60. The maximum Gasteiger partial charge on any atom is 0.271 e. The molecule has 0 amide bonds. The molecule has 19 heavy (non-hydrogen) atoms. The maximum atomic E-state index is 10.7. The molecule has 1 aromatic heterocycles. The van der Waals surface area contributed by atoms with Crippen LogP contribution in [0.4, 0.5) is 11.4 Å². The molecule has 100 valence electrons. The van der Waals surface area contributed by atoms with Gasteiger partial charge in [0.25, 0.3) is 5.69 Å². The van der Waals surface area contributed by atoms with Crippen LogP contribution in [0.2, 0.25) is 5.02 Å². The van der Waals surface area contributed by atoms with E-state index in [1.165, 1.54) is 12.1 Å². The van der Waals surface area contributed by atoms with E-state index >= 15 is 0 Å². The number of aryl methyl sites for hydroxylation is 2. The van der Waals surface area contributed by atoms with Crippen molar-refractivity contribution in [1.29, 1.82) is 0 Å². The number of anilines is 1. The second kappa shape index (κ2) is 5.27.